The molecule has 1 aromatic carbocycles. The molecule has 2 aliphatic carbocycles. The number of nitrogens with one attached hydrogen (secondary N) is 1. The topological polar surface area (TPSA) is 35.6 Å². The highest BCUT2D eigenvalue weighted by molar-refractivity contribution is 5.74. The summed E-state index contributed by atoms with van der Waals surface area (Å²) in [4.78, 5) is 17.9. The van der Waals surface area contributed by atoms with Gasteiger partial charge < -0.3 is 15.1 Å². The summed E-state index contributed by atoms with van der Waals surface area (Å²) < 4.78 is 0. The summed E-state index contributed by atoms with van der Waals surface area (Å²) in [6, 6.07) is 10.7. The van der Waals surface area contributed by atoms with Crippen molar-refractivity contribution >= 4 is 6.03 Å². The lowest BCUT2D eigenvalue weighted by Gasteiger charge is -2.43. The molecule has 1 saturated carbocycles. The number of amides is 2. The van der Waals surface area contributed by atoms with Gasteiger partial charge in [-0.3, -0.25) is 0 Å². The lowest BCUT2D eigenvalue weighted by molar-refractivity contribution is 0.113. The van der Waals surface area contributed by atoms with Crippen LogP contribution in [0.25, 0.3) is 0 Å². The van der Waals surface area contributed by atoms with Crippen molar-refractivity contribution in [2.24, 2.45) is 11.8 Å². The minimum atomic E-state index is 0.113. The molecule has 0 spiro atoms. The highest BCUT2D eigenvalue weighted by Gasteiger charge is 2.37. The summed E-state index contributed by atoms with van der Waals surface area (Å²) in [5.74, 6) is 1.23. The molecule has 1 heterocycles. The Kier molecular flexibility index (Phi) is 7.49. The molecule has 1 aliphatic heterocycles. The maximum Gasteiger partial charge on any atom is 0.320 e. The van der Waals surface area contributed by atoms with Gasteiger partial charge in [0.05, 0.1) is 0 Å². The first-order chi connectivity index (χ1) is 15.2. The molecule has 1 saturated heterocycles. The molecule has 0 radical (unpaired) electrons. The predicted octanol–water partition coefficient (Wildman–Crippen LogP) is 5.38. The maximum absolute atomic E-state index is 13.6. The van der Waals surface area contributed by atoms with Gasteiger partial charge in [-0.2, -0.15) is 0 Å². The average molecular weight is 422 g/mol. The van der Waals surface area contributed by atoms with E-state index >= 15 is 0 Å². The minimum absolute atomic E-state index is 0.113. The van der Waals surface area contributed by atoms with Crippen LogP contribution in [0.5, 0.6) is 0 Å². The zero-order valence-corrected chi connectivity index (χ0v) is 19.1. The average Bonchev–Trinajstić information content (AvgIpc) is 2.79. The van der Waals surface area contributed by atoms with Crippen molar-refractivity contribution in [2.45, 2.75) is 63.5 Å². The van der Waals surface area contributed by atoms with Crippen molar-refractivity contribution < 1.29 is 4.79 Å². The Bertz CT molecular complexity index is 770. The van der Waals surface area contributed by atoms with Crippen molar-refractivity contribution in [2.75, 3.05) is 26.7 Å². The van der Waals surface area contributed by atoms with Gasteiger partial charge in [0.25, 0.3) is 0 Å². The number of rotatable bonds is 6. The first kappa shape index (κ1) is 22.1. The first-order valence-corrected chi connectivity index (χ1v) is 12.3. The van der Waals surface area contributed by atoms with Gasteiger partial charge >= 0.3 is 6.03 Å². The second kappa shape index (κ2) is 10.5. The van der Waals surface area contributed by atoms with E-state index in [1.54, 1.807) is 0 Å². The summed E-state index contributed by atoms with van der Waals surface area (Å²) in [6.45, 7) is 3.34. The van der Waals surface area contributed by atoms with E-state index in [1.807, 2.05) is 6.07 Å². The highest BCUT2D eigenvalue weighted by atomic mass is 16.2. The fourth-order valence-electron chi connectivity index (χ4n) is 5.59. The third kappa shape index (κ3) is 5.41. The monoisotopic (exact) mass is 421 g/mol. The van der Waals surface area contributed by atoms with E-state index in [0.717, 1.165) is 51.7 Å². The molecule has 31 heavy (non-hydrogen) atoms. The van der Waals surface area contributed by atoms with E-state index in [0.29, 0.717) is 18.4 Å². The smallest absolute Gasteiger partial charge is 0.320 e. The normalized spacial score (nSPS) is 27.9. The number of hydrogen-bond acceptors (Lipinski definition) is 2. The van der Waals surface area contributed by atoms with E-state index in [4.69, 9.17) is 0 Å². The molecule has 4 rings (SSSR count). The Morgan fingerprint density at radius 2 is 1.74 bits per heavy atom. The lowest BCUT2D eigenvalue weighted by Crippen LogP contribution is -2.52. The molecule has 2 atom stereocenters. The van der Waals surface area contributed by atoms with E-state index in [1.165, 1.54) is 24.8 Å². The predicted molar refractivity (Wildman–Crippen MR) is 128 cm³/mol. The molecule has 1 aromatic rings. The Labute approximate surface area is 188 Å². The van der Waals surface area contributed by atoms with E-state index in [2.05, 4.69) is 70.7 Å². The minimum Gasteiger partial charge on any atom is -0.324 e. The summed E-state index contributed by atoms with van der Waals surface area (Å²) in [6.07, 6.45) is 18.4. The van der Waals surface area contributed by atoms with Crippen molar-refractivity contribution in [3.05, 3.63) is 60.2 Å². The summed E-state index contributed by atoms with van der Waals surface area (Å²) in [5, 5.41) is 3.75. The summed E-state index contributed by atoms with van der Waals surface area (Å²) >= 11 is 0. The van der Waals surface area contributed by atoms with Crippen molar-refractivity contribution in [3.8, 4) is 0 Å². The van der Waals surface area contributed by atoms with Crippen LogP contribution in [-0.4, -0.2) is 48.1 Å². The molecule has 2 amide bonds. The zero-order chi connectivity index (χ0) is 21.5. The molecule has 0 bridgehead atoms. The Morgan fingerprint density at radius 1 is 1.00 bits per heavy atom. The van der Waals surface area contributed by atoms with Crippen LogP contribution in [0.3, 0.4) is 0 Å². The molecule has 3 aliphatic rings. The van der Waals surface area contributed by atoms with Crippen LogP contribution in [0.4, 0.5) is 4.79 Å². The van der Waals surface area contributed by atoms with Gasteiger partial charge in [0.2, 0.25) is 0 Å². The highest BCUT2D eigenvalue weighted by Crippen LogP contribution is 2.35. The van der Waals surface area contributed by atoms with Gasteiger partial charge in [0.1, 0.15) is 0 Å². The van der Waals surface area contributed by atoms with Gasteiger partial charge in [-0.25, -0.2) is 4.79 Å². The third-order valence-electron chi connectivity index (χ3n) is 7.75. The van der Waals surface area contributed by atoms with Crippen LogP contribution in [0, 0.1) is 11.8 Å². The number of allylic oxidation sites excluding steroid dienone is 3. The molecule has 4 heteroatoms. The molecule has 4 nitrogen and oxygen atoms in total. The molecule has 2 fully saturated rings. The molecular weight excluding hydrogens is 382 g/mol. The Hall–Kier alpha value is -2.07. The lowest BCUT2D eigenvalue weighted by atomic mass is 9.73. The van der Waals surface area contributed by atoms with Crippen LogP contribution in [0.15, 0.2) is 54.6 Å². The van der Waals surface area contributed by atoms with Crippen molar-refractivity contribution in [1.29, 1.82) is 0 Å². The standard InChI is InChI=1S/C27H39N3O/c1-28-27(25-15-6-3-7-16-25)17-9-19-29(21-23-11-4-2-5-12-23)26(31)30(20-10-18-27)22-24-13-8-14-24/h2-7,11-12,15,24-25,28H,8-10,13-14,16-22H2,1H3/t25?,27-/m0/s1. The number of benzene rings is 1. The van der Waals surface area contributed by atoms with Gasteiger partial charge in [0.15, 0.2) is 0 Å². The summed E-state index contributed by atoms with van der Waals surface area (Å²) in [5.41, 5.74) is 1.33. The quantitative estimate of drug-likeness (QED) is 0.670. The Morgan fingerprint density at radius 3 is 2.35 bits per heavy atom. The summed E-state index contributed by atoms with van der Waals surface area (Å²) in [7, 11) is 2.14. The van der Waals surface area contributed by atoms with Crippen LogP contribution in [-0.2, 0) is 6.54 Å². The number of urea groups is 1. The van der Waals surface area contributed by atoms with Crippen LogP contribution < -0.4 is 5.32 Å². The third-order valence-corrected chi connectivity index (χ3v) is 7.75. The maximum atomic E-state index is 13.6. The van der Waals surface area contributed by atoms with E-state index in [9.17, 15) is 4.79 Å². The zero-order valence-electron chi connectivity index (χ0n) is 19.1. The molecule has 1 unspecified atom stereocenters. The van der Waals surface area contributed by atoms with Crippen molar-refractivity contribution in [1.82, 2.24) is 15.1 Å². The van der Waals surface area contributed by atoms with Gasteiger partial charge in [-0.1, -0.05) is 61.1 Å². The van der Waals surface area contributed by atoms with Crippen LogP contribution in [0.1, 0.15) is 56.9 Å². The molecule has 168 valence electrons. The second-order valence-electron chi connectivity index (χ2n) is 9.70. The van der Waals surface area contributed by atoms with Crippen LogP contribution in [0.2, 0.25) is 0 Å². The second-order valence-corrected chi connectivity index (χ2v) is 9.70. The number of carbonyl (C=O) groups excluding carboxylic acids is 1. The van der Waals surface area contributed by atoms with Gasteiger partial charge in [-0.05, 0) is 69.4 Å². The number of hydrogen-bond donors (Lipinski definition) is 1. The largest absolute Gasteiger partial charge is 0.324 e. The number of carbonyl (C=O) groups is 1. The van der Waals surface area contributed by atoms with E-state index in [-0.39, 0.29) is 11.6 Å². The van der Waals surface area contributed by atoms with Crippen molar-refractivity contribution in [3.63, 3.8) is 0 Å². The molecule has 0 aromatic heterocycles. The molecular formula is C27H39N3O. The number of nitrogens with zero attached hydrogens (tertiary/aromatic N) is 2. The van der Waals surface area contributed by atoms with E-state index < -0.39 is 0 Å². The molecule has 1 N–H and O–H groups in total. The van der Waals surface area contributed by atoms with Gasteiger partial charge in [0, 0.05) is 31.7 Å². The first-order valence-electron chi connectivity index (χ1n) is 12.3. The van der Waals surface area contributed by atoms with Gasteiger partial charge in [-0.15, -0.1) is 0 Å². The fourth-order valence-corrected chi connectivity index (χ4v) is 5.59. The fraction of sp³-hybridized carbons (Fsp3) is 0.593. The Balaban J connectivity index is 1.53. The SMILES string of the molecule is CN[C@@]1(C2C=CC=CC2)CCCN(Cc2ccccc2)C(=O)N(CC2CCC2)CCC1. The van der Waals surface area contributed by atoms with Crippen LogP contribution >= 0.6 is 0 Å².